The average molecular weight is 493 g/mol. The Morgan fingerprint density at radius 1 is 0.919 bits per heavy atom. The van der Waals surface area contributed by atoms with Crippen LogP contribution in [0.2, 0.25) is 0 Å². The van der Waals surface area contributed by atoms with E-state index in [0.29, 0.717) is 24.3 Å². The molecule has 3 aromatic carbocycles. The molecule has 0 aliphatic carbocycles. The number of amides is 1. The molecule has 1 aliphatic heterocycles. The summed E-state index contributed by atoms with van der Waals surface area (Å²) in [5.41, 5.74) is 5.85. The molecule has 0 bridgehead atoms. The van der Waals surface area contributed by atoms with Crippen molar-refractivity contribution in [1.29, 1.82) is 0 Å². The fourth-order valence-electron chi connectivity index (χ4n) is 5.31. The molecule has 1 aromatic heterocycles. The molecule has 0 spiro atoms. The number of carbonyl (C=O) groups excluding carboxylic acids is 1. The number of aliphatic carboxylic acids is 1. The van der Waals surface area contributed by atoms with Crippen molar-refractivity contribution in [2.45, 2.75) is 44.4 Å². The first-order valence-corrected chi connectivity index (χ1v) is 13.1. The van der Waals surface area contributed by atoms with Gasteiger partial charge in [-0.15, -0.1) is 0 Å². The van der Waals surface area contributed by atoms with Crippen molar-refractivity contribution in [3.05, 3.63) is 102 Å². The van der Waals surface area contributed by atoms with Crippen molar-refractivity contribution in [3.63, 3.8) is 0 Å². The van der Waals surface area contributed by atoms with Gasteiger partial charge in [0.2, 0.25) is 0 Å². The monoisotopic (exact) mass is 492 g/mol. The summed E-state index contributed by atoms with van der Waals surface area (Å²) in [4.78, 5) is 31.4. The van der Waals surface area contributed by atoms with Gasteiger partial charge in [-0.3, -0.25) is 14.6 Å². The molecule has 2 heterocycles. The third-order valence-electron chi connectivity index (χ3n) is 7.26. The van der Waals surface area contributed by atoms with Gasteiger partial charge in [0.05, 0.1) is 5.52 Å². The van der Waals surface area contributed by atoms with Gasteiger partial charge in [-0.2, -0.15) is 0 Å². The fraction of sp³-hybridized carbons (Fsp3) is 0.281. The molecule has 1 fully saturated rings. The zero-order valence-electron chi connectivity index (χ0n) is 21.0. The maximum absolute atomic E-state index is 13.5. The van der Waals surface area contributed by atoms with E-state index in [-0.39, 0.29) is 12.3 Å². The van der Waals surface area contributed by atoms with E-state index in [0.717, 1.165) is 60.1 Å². The second kappa shape index (κ2) is 11.4. The molecule has 0 radical (unpaired) electrons. The third-order valence-corrected chi connectivity index (χ3v) is 7.26. The molecule has 1 amide bonds. The number of fused-ring (bicyclic) bond motifs is 1. The van der Waals surface area contributed by atoms with Gasteiger partial charge in [0, 0.05) is 47.6 Å². The number of aromatic nitrogens is 1. The van der Waals surface area contributed by atoms with E-state index < -0.39 is 5.97 Å². The predicted octanol–water partition coefficient (Wildman–Crippen LogP) is 6.72. The topological polar surface area (TPSA) is 70.5 Å². The number of pyridine rings is 1. The van der Waals surface area contributed by atoms with Gasteiger partial charge in [0.25, 0.3) is 5.91 Å². The lowest BCUT2D eigenvalue weighted by Crippen LogP contribution is -2.39. The van der Waals surface area contributed by atoms with E-state index in [1.54, 1.807) is 0 Å². The van der Waals surface area contributed by atoms with Gasteiger partial charge in [0.1, 0.15) is 0 Å². The summed E-state index contributed by atoms with van der Waals surface area (Å²) < 4.78 is 0. The van der Waals surface area contributed by atoms with Gasteiger partial charge in [-0.1, -0.05) is 66.7 Å². The minimum atomic E-state index is -0.773. The van der Waals surface area contributed by atoms with Crippen LogP contribution in [0.5, 0.6) is 0 Å². The van der Waals surface area contributed by atoms with E-state index in [1.165, 1.54) is 5.56 Å². The summed E-state index contributed by atoms with van der Waals surface area (Å²) in [5.74, 6) is -0.354. The second-order valence-electron chi connectivity index (χ2n) is 9.86. The molecular weight excluding hydrogens is 460 g/mol. The number of benzene rings is 3. The molecular formula is C32H32N2O3. The van der Waals surface area contributed by atoms with Crippen LogP contribution in [-0.2, 0) is 11.2 Å². The number of unbranched alkanes of at least 4 members (excludes halogenated alkanes) is 1. The highest BCUT2D eigenvalue weighted by atomic mass is 16.4. The predicted molar refractivity (Wildman–Crippen MR) is 147 cm³/mol. The summed E-state index contributed by atoms with van der Waals surface area (Å²) in [6.07, 6.45) is 4.30. The van der Waals surface area contributed by atoms with Crippen molar-refractivity contribution in [3.8, 4) is 11.1 Å². The summed E-state index contributed by atoms with van der Waals surface area (Å²) in [7, 11) is 0. The summed E-state index contributed by atoms with van der Waals surface area (Å²) >= 11 is 0. The Balaban J connectivity index is 1.41. The first-order chi connectivity index (χ1) is 18.1. The highest BCUT2D eigenvalue weighted by Crippen LogP contribution is 2.30. The number of carboxylic acid groups (broad SMARTS) is 1. The molecule has 1 atom stereocenters. The highest BCUT2D eigenvalue weighted by molar-refractivity contribution is 5.98. The summed E-state index contributed by atoms with van der Waals surface area (Å²) in [6, 6.07) is 28.6. The number of piperidine rings is 1. The first kappa shape index (κ1) is 24.7. The Hall–Kier alpha value is -3.99. The molecule has 5 heteroatoms. The molecule has 1 saturated heterocycles. The molecule has 0 saturated carbocycles. The number of carboxylic acids is 1. The summed E-state index contributed by atoms with van der Waals surface area (Å²) in [5, 5.41) is 10.00. The largest absolute Gasteiger partial charge is 0.481 e. The number of nitrogens with zero attached hydrogens (tertiary/aromatic N) is 2. The number of hydrogen-bond donors (Lipinski definition) is 1. The first-order valence-electron chi connectivity index (χ1n) is 13.1. The fourth-order valence-corrected chi connectivity index (χ4v) is 5.31. The van der Waals surface area contributed by atoms with Crippen molar-refractivity contribution in [2.24, 2.45) is 0 Å². The minimum Gasteiger partial charge on any atom is -0.481 e. The standard InChI is InChI=1S/C32H32N2O3/c35-31(36)16-8-7-15-29-28(24-12-5-2-6-13-24)20-25-17-18-26(21-30(25)33-29)32(37)34-19-9-14-27(22-34)23-10-3-1-4-11-23/h1-6,10-13,17-18,20-21,27H,7-9,14-16,19,22H2,(H,35,36)/t27-/m1/s1. The second-order valence-corrected chi connectivity index (χ2v) is 9.86. The van der Waals surface area contributed by atoms with E-state index >= 15 is 0 Å². The SMILES string of the molecule is O=C(O)CCCCc1nc2cc(C(=O)N3CCC[C@@H](c4ccccc4)C3)ccc2cc1-c1ccccc1. The number of rotatable bonds is 8. The van der Waals surface area contributed by atoms with Crippen molar-refractivity contribution < 1.29 is 14.7 Å². The van der Waals surface area contributed by atoms with Gasteiger partial charge in [0.15, 0.2) is 0 Å². The molecule has 37 heavy (non-hydrogen) atoms. The maximum Gasteiger partial charge on any atom is 0.303 e. The molecule has 1 aliphatic rings. The van der Waals surface area contributed by atoms with E-state index in [1.807, 2.05) is 47.4 Å². The lowest BCUT2D eigenvalue weighted by molar-refractivity contribution is -0.137. The Bertz CT molecular complexity index is 1390. The Kier molecular flexibility index (Phi) is 7.59. The molecule has 5 rings (SSSR count). The van der Waals surface area contributed by atoms with Crippen LogP contribution in [0.25, 0.3) is 22.0 Å². The van der Waals surface area contributed by atoms with E-state index in [4.69, 9.17) is 10.1 Å². The Morgan fingerprint density at radius 3 is 2.43 bits per heavy atom. The lowest BCUT2D eigenvalue weighted by atomic mass is 9.90. The van der Waals surface area contributed by atoms with E-state index in [9.17, 15) is 9.59 Å². The van der Waals surface area contributed by atoms with Crippen LogP contribution < -0.4 is 0 Å². The summed E-state index contributed by atoms with van der Waals surface area (Å²) in [6.45, 7) is 1.51. The minimum absolute atomic E-state index is 0.0551. The smallest absolute Gasteiger partial charge is 0.303 e. The van der Waals surface area contributed by atoms with Gasteiger partial charge in [-0.05, 0) is 61.4 Å². The Labute approximate surface area is 217 Å². The van der Waals surface area contributed by atoms with Gasteiger partial charge < -0.3 is 10.0 Å². The zero-order valence-corrected chi connectivity index (χ0v) is 21.0. The number of aryl methyl sites for hydroxylation is 1. The van der Waals surface area contributed by atoms with Crippen LogP contribution in [-0.4, -0.2) is 40.0 Å². The quantitative estimate of drug-likeness (QED) is 0.277. The van der Waals surface area contributed by atoms with Gasteiger partial charge in [-0.25, -0.2) is 0 Å². The lowest BCUT2D eigenvalue weighted by Gasteiger charge is -2.33. The maximum atomic E-state index is 13.5. The zero-order chi connectivity index (χ0) is 25.6. The average Bonchev–Trinajstić information content (AvgIpc) is 2.95. The van der Waals surface area contributed by atoms with Crippen LogP contribution in [0.15, 0.2) is 84.9 Å². The normalized spacial score (nSPS) is 15.6. The van der Waals surface area contributed by atoms with Crippen molar-refractivity contribution >= 4 is 22.8 Å². The van der Waals surface area contributed by atoms with Crippen molar-refractivity contribution in [1.82, 2.24) is 9.88 Å². The number of hydrogen-bond acceptors (Lipinski definition) is 3. The Morgan fingerprint density at radius 2 is 1.68 bits per heavy atom. The van der Waals surface area contributed by atoms with Crippen LogP contribution >= 0.6 is 0 Å². The molecule has 0 unspecified atom stereocenters. The molecule has 1 N–H and O–H groups in total. The van der Waals surface area contributed by atoms with Crippen LogP contribution in [0.3, 0.4) is 0 Å². The van der Waals surface area contributed by atoms with E-state index in [2.05, 4.69) is 42.5 Å². The third kappa shape index (κ3) is 5.88. The van der Waals surface area contributed by atoms with Crippen LogP contribution in [0.1, 0.15) is 59.6 Å². The van der Waals surface area contributed by atoms with Crippen molar-refractivity contribution in [2.75, 3.05) is 13.1 Å². The molecule has 5 nitrogen and oxygen atoms in total. The highest BCUT2D eigenvalue weighted by Gasteiger charge is 2.25. The molecule has 188 valence electrons. The molecule has 4 aromatic rings. The van der Waals surface area contributed by atoms with Crippen LogP contribution in [0.4, 0.5) is 0 Å². The van der Waals surface area contributed by atoms with Crippen LogP contribution in [0, 0.1) is 0 Å². The number of carbonyl (C=O) groups is 2. The number of likely N-dealkylation sites (tertiary alicyclic amines) is 1. The van der Waals surface area contributed by atoms with Gasteiger partial charge >= 0.3 is 5.97 Å².